The standard InChI is InChI=1S/C12H14BrNO4/c1-6-7(9(14)12(15)16)5-8(13)11-10(6)17-3-2-4-18-11/h5,9H,2-4,14H2,1H3,(H,15,16). The minimum Gasteiger partial charge on any atom is -0.489 e. The molecule has 0 aliphatic carbocycles. The lowest BCUT2D eigenvalue weighted by Crippen LogP contribution is -2.22. The average Bonchev–Trinajstić information content (AvgIpc) is 2.58. The van der Waals surface area contributed by atoms with Gasteiger partial charge < -0.3 is 20.3 Å². The van der Waals surface area contributed by atoms with Crippen LogP contribution in [0.5, 0.6) is 11.5 Å². The molecule has 0 bridgehead atoms. The third-order valence-electron chi connectivity index (χ3n) is 2.86. The number of fused-ring (bicyclic) bond motifs is 1. The van der Waals surface area contributed by atoms with E-state index < -0.39 is 12.0 Å². The van der Waals surface area contributed by atoms with Crippen molar-refractivity contribution in [3.8, 4) is 11.5 Å². The number of hydrogen-bond acceptors (Lipinski definition) is 4. The van der Waals surface area contributed by atoms with Crippen molar-refractivity contribution in [2.75, 3.05) is 13.2 Å². The fraction of sp³-hybridized carbons (Fsp3) is 0.417. The summed E-state index contributed by atoms with van der Waals surface area (Å²) in [5.41, 5.74) is 6.90. The predicted molar refractivity (Wildman–Crippen MR) is 69.1 cm³/mol. The second kappa shape index (κ2) is 5.16. The fourth-order valence-electron chi connectivity index (χ4n) is 1.89. The monoisotopic (exact) mass is 315 g/mol. The summed E-state index contributed by atoms with van der Waals surface area (Å²) in [5, 5.41) is 9.00. The lowest BCUT2D eigenvalue weighted by molar-refractivity contribution is -0.138. The zero-order valence-corrected chi connectivity index (χ0v) is 11.5. The second-order valence-corrected chi connectivity index (χ2v) is 4.95. The number of aliphatic carboxylic acids is 1. The molecule has 1 aromatic carbocycles. The van der Waals surface area contributed by atoms with Crippen LogP contribution in [0.1, 0.15) is 23.6 Å². The smallest absolute Gasteiger partial charge is 0.325 e. The van der Waals surface area contributed by atoms with E-state index in [1.807, 2.05) is 0 Å². The molecule has 0 radical (unpaired) electrons. The molecule has 6 heteroatoms. The molecular weight excluding hydrogens is 302 g/mol. The first-order valence-corrected chi connectivity index (χ1v) is 6.38. The summed E-state index contributed by atoms with van der Waals surface area (Å²) in [4.78, 5) is 11.0. The highest BCUT2D eigenvalue weighted by Crippen LogP contribution is 2.42. The lowest BCUT2D eigenvalue weighted by Gasteiger charge is -2.17. The Hall–Kier alpha value is -1.27. The molecule has 1 aromatic rings. The van der Waals surface area contributed by atoms with Gasteiger partial charge in [-0.3, -0.25) is 4.79 Å². The van der Waals surface area contributed by atoms with Crippen molar-refractivity contribution in [1.82, 2.24) is 0 Å². The van der Waals surface area contributed by atoms with Gasteiger partial charge in [0.2, 0.25) is 0 Å². The van der Waals surface area contributed by atoms with Crippen LogP contribution in [0.25, 0.3) is 0 Å². The van der Waals surface area contributed by atoms with Crippen molar-refractivity contribution in [2.45, 2.75) is 19.4 Å². The van der Waals surface area contributed by atoms with E-state index in [0.29, 0.717) is 40.3 Å². The van der Waals surface area contributed by atoms with Crippen LogP contribution in [0.15, 0.2) is 10.5 Å². The first-order valence-electron chi connectivity index (χ1n) is 5.59. The van der Waals surface area contributed by atoms with Crippen LogP contribution in [0.2, 0.25) is 0 Å². The van der Waals surface area contributed by atoms with E-state index in [9.17, 15) is 4.79 Å². The number of carboxylic acid groups (broad SMARTS) is 1. The number of nitrogens with two attached hydrogens (primary N) is 1. The second-order valence-electron chi connectivity index (χ2n) is 4.10. The summed E-state index contributed by atoms with van der Waals surface area (Å²) in [6, 6.07) is 0.611. The van der Waals surface area contributed by atoms with Gasteiger partial charge >= 0.3 is 5.97 Å². The van der Waals surface area contributed by atoms with Crippen LogP contribution >= 0.6 is 15.9 Å². The first kappa shape index (κ1) is 13.2. The highest BCUT2D eigenvalue weighted by atomic mass is 79.9. The zero-order valence-electron chi connectivity index (χ0n) is 9.90. The van der Waals surface area contributed by atoms with Crippen LogP contribution < -0.4 is 15.2 Å². The molecule has 1 unspecified atom stereocenters. The molecule has 18 heavy (non-hydrogen) atoms. The van der Waals surface area contributed by atoms with Gasteiger partial charge in [-0.05, 0) is 34.5 Å². The number of carboxylic acids is 1. The average molecular weight is 316 g/mol. The molecule has 0 fully saturated rings. The summed E-state index contributed by atoms with van der Waals surface area (Å²) in [6.45, 7) is 2.92. The van der Waals surface area contributed by atoms with Crippen LogP contribution in [0, 0.1) is 6.92 Å². The number of halogens is 1. The molecular formula is C12H14BrNO4. The van der Waals surface area contributed by atoms with Gasteiger partial charge in [-0.1, -0.05) is 0 Å². The third kappa shape index (κ3) is 2.30. The van der Waals surface area contributed by atoms with E-state index in [2.05, 4.69) is 15.9 Å². The molecule has 2 rings (SSSR count). The largest absolute Gasteiger partial charge is 0.489 e. The number of hydrogen-bond donors (Lipinski definition) is 2. The molecule has 0 amide bonds. The Morgan fingerprint density at radius 1 is 1.44 bits per heavy atom. The summed E-state index contributed by atoms with van der Waals surface area (Å²) in [6.07, 6.45) is 0.793. The summed E-state index contributed by atoms with van der Waals surface area (Å²) in [7, 11) is 0. The Balaban J connectivity index is 2.55. The van der Waals surface area contributed by atoms with Crippen LogP contribution in [-0.2, 0) is 4.79 Å². The van der Waals surface area contributed by atoms with Gasteiger partial charge in [0.15, 0.2) is 11.5 Å². The molecule has 0 aromatic heterocycles. The maximum atomic E-state index is 11.0. The quantitative estimate of drug-likeness (QED) is 0.872. The Morgan fingerprint density at radius 3 is 2.67 bits per heavy atom. The summed E-state index contributed by atoms with van der Waals surface area (Å²) < 4.78 is 11.9. The first-order chi connectivity index (χ1) is 8.52. The molecule has 98 valence electrons. The molecule has 3 N–H and O–H groups in total. The van der Waals surface area contributed by atoms with Crippen molar-refractivity contribution >= 4 is 21.9 Å². The van der Waals surface area contributed by atoms with Crippen LogP contribution in [0.4, 0.5) is 0 Å². The molecule has 1 heterocycles. The highest BCUT2D eigenvalue weighted by Gasteiger charge is 2.24. The summed E-state index contributed by atoms with van der Waals surface area (Å²) in [5.74, 6) is 0.124. The molecule has 0 spiro atoms. The van der Waals surface area contributed by atoms with Gasteiger partial charge in [0.25, 0.3) is 0 Å². The van der Waals surface area contributed by atoms with Crippen LogP contribution in [0.3, 0.4) is 0 Å². The van der Waals surface area contributed by atoms with Gasteiger partial charge in [0.1, 0.15) is 6.04 Å². The van der Waals surface area contributed by atoms with Crippen molar-refractivity contribution in [3.63, 3.8) is 0 Å². The Bertz CT molecular complexity index is 489. The Morgan fingerprint density at radius 2 is 2.06 bits per heavy atom. The van der Waals surface area contributed by atoms with Crippen LogP contribution in [-0.4, -0.2) is 24.3 Å². The molecule has 1 aliphatic heterocycles. The molecule has 5 nitrogen and oxygen atoms in total. The number of carbonyl (C=O) groups is 1. The maximum Gasteiger partial charge on any atom is 0.325 e. The van der Waals surface area contributed by atoms with E-state index in [4.69, 9.17) is 20.3 Å². The van der Waals surface area contributed by atoms with E-state index in [-0.39, 0.29) is 0 Å². The lowest BCUT2D eigenvalue weighted by atomic mass is 10.0. The Labute approximate surface area is 113 Å². The Kier molecular flexibility index (Phi) is 3.77. The molecule has 1 atom stereocenters. The topological polar surface area (TPSA) is 81.8 Å². The highest BCUT2D eigenvalue weighted by molar-refractivity contribution is 9.10. The molecule has 0 saturated heterocycles. The number of benzene rings is 1. The number of rotatable bonds is 2. The zero-order chi connectivity index (χ0) is 13.3. The van der Waals surface area contributed by atoms with Gasteiger partial charge in [-0.25, -0.2) is 0 Å². The minimum absolute atomic E-state index is 0.527. The molecule has 1 aliphatic rings. The predicted octanol–water partition coefficient (Wildman–Crippen LogP) is 2.00. The maximum absolute atomic E-state index is 11.0. The normalized spacial score (nSPS) is 15.9. The summed E-state index contributed by atoms with van der Waals surface area (Å²) >= 11 is 3.37. The van der Waals surface area contributed by atoms with Gasteiger partial charge in [-0.2, -0.15) is 0 Å². The van der Waals surface area contributed by atoms with Gasteiger partial charge in [0, 0.05) is 12.0 Å². The van der Waals surface area contributed by atoms with Crippen molar-refractivity contribution in [3.05, 3.63) is 21.7 Å². The van der Waals surface area contributed by atoms with Crippen molar-refractivity contribution in [2.24, 2.45) is 5.73 Å². The van der Waals surface area contributed by atoms with Gasteiger partial charge in [0.05, 0.1) is 17.7 Å². The van der Waals surface area contributed by atoms with E-state index in [0.717, 1.165) is 6.42 Å². The fourth-order valence-corrected chi connectivity index (χ4v) is 2.43. The van der Waals surface area contributed by atoms with Crippen molar-refractivity contribution < 1.29 is 19.4 Å². The van der Waals surface area contributed by atoms with Crippen molar-refractivity contribution in [1.29, 1.82) is 0 Å². The van der Waals surface area contributed by atoms with E-state index in [1.165, 1.54) is 0 Å². The van der Waals surface area contributed by atoms with Gasteiger partial charge in [-0.15, -0.1) is 0 Å². The minimum atomic E-state index is -1.07. The van der Waals surface area contributed by atoms with E-state index >= 15 is 0 Å². The SMILES string of the molecule is Cc1c(C(N)C(=O)O)cc(Br)c2c1OCCCO2. The number of ether oxygens (including phenoxy) is 2. The van der Waals surface area contributed by atoms with E-state index in [1.54, 1.807) is 13.0 Å². The third-order valence-corrected chi connectivity index (χ3v) is 3.45. The molecule has 0 saturated carbocycles.